The van der Waals surface area contributed by atoms with Crippen molar-refractivity contribution in [1.82, 2.24) is 9.38 Å². The lowest BCUT2D eigenvalue weighted by atomic mass is 10.1. The van der Waals surface area contributed by atoms with Crippen LogP contribution in [0.3, 0.4) is 0 Å². The number of nitrogens with one attached hydrogen (secondary N) is 2. The van der Waals surface area contributed by atoms with Crippen LogP contribution in [0.1, 0.15) is 22.5 Å². The molecule has 0 unspecified atom stereocenters. The molecule has 3 heterocycles. The van der Waals surface area contributed by atoms with Gasteiger partial charge in [-0.2, -0.15) is 13.2 Å². The summed E-state index contributed by atoms with van der Waals surface area (Å²) in [4.78, 5) is 15.7. The molecule has 1 saturated heterocycles. The largest absolute Gasteiger partial charge is 0.495 e. The van der Waals surface area contributed by atoms with Crippen molar-refractivity contribution in [1.29, 1.82) is 0 Å². The van der Waals surface area contributed by atoms with Crippen molar-refractivity contribution in [2.24, 2.45) is 5.73 Å². The molecular weight excluding hydrogens is 514 g/mol. The van der Waals surface area contributed by atoms with Gasteiger partial charge in [-0.3, -0.25) is 9.20 Å². The molecule has 37 heavy (non-hydrogen) atoms. The Morgan fingerprint density at radius 1 is 1.35 bits per heavy atom. The van der Waals surface area contributed by atoms with E-state index in [0.29, 0.717) is 30.2 Å². The van der Waals surface area contributed by atoms with Gasteiger partial charge in [0.1, 0.15) is 22.6 Å². The van der Waals surface area contributed by atoms with E-state index in [2.05, 4.69) is 27.5 Å². The lowest BCUT2D eigenvalue weighted by molar-refractivity contribution is -0.0330. The van der Waals surface area contributed by atoms with Gasteiger partial charge in [-0.05, 0) is 42.7 Å². The number of methoxy groups -OCH3 is 1. The van der Waals surface area contributed by atoms with Gasteiger partial charge in [0.05, 0.1) is 37.7 Å². The van der Waals surface area contributed by atoms with Crippen LogP contribution in [0.5, 0.6) is 5.75 Å². The summed E-state index contributed by atoms with van der Waals surface area (Å²) in [6.07, 6.45) is 0.606. The summed E-state index contributed by atoms with van der Waals surface area (Å²) in [5, 5.41) is 5.84. The van der Waals surface area contributed by atoms with E-state index in [-0.39, 0.29) is 46.8 Å². The number of amides is 1. The number of thioether (sulfide) groups is 1. The monoisotopic (exact) mass is 537 g/mol. The molecule has 4 N–H and O–H groups in total. The summed E-state index contributed by atoms with van der Waals surface area (Å²) >= 11 is -0.324. The molecule has 4 rings (SSSR count). The standard InChI is InChI=1S/C24H23F4N5O3S/c1-35-20-12-14(21(29)34)6-7-17(20)30-9-2-4-19-23(37-24(26,27)28)33-10-3-5-18(22(33)32-19)31-16-8-11-36-13-15(16)25/h3,5-7,10,12,15-16,30-31H,8-9,11,13H2,1H3,(H2,29,34)/t15-,16+/m0/s1. The lowest BCUT2D eigenvalue weighted by Crippen LogP contribution is -2.39. The highest BCUT2D eigenvalue weighted by Gasteiger charge is 2.33. The van der Waals surface area contributed by atoms with Crippen molar-refractivity contribution < 1.29 is 31.8 Å². The van der Waals surface area contributed by atoms with Gasteiger partial charge in [0, 0.05) is 30.1 Å². The summed E-state index contributed by atoms with van der Waals surface area (Å²) in [7, 11) is 1.42. The van der Waals surface area contributed by atoms with Crippen molar-refractivity contribution in [2.45, 2.75) is 29.2 Å². The number of nitrogens with zero attached hydrogens (tertiary/aromatic N) is 2. The van der Waals surface area contributed by atoms with E-state index in [0.717, 1.165) is 0 Å². The number of imidazole rings is 1. The Balaban J connectivity index is 1.61. The van der Waals surface area contributed by atoms with Gasteiger partial charge in [0.2, 0.25) is 5.91 Å². The summed E-state index contributed by atoms with van der Waals surface area (Å²) in [6, 6.07) is 7.20. The van der Waals surface area contributed by atoms with E-state index in [9.17, 15) is 22.4 Å². The maximum absolute atomic E-state index is 14.3. The van der Waals surface area contributed by atoms with E-state index in [1.165, 1.54) is 29.8 Å². The zero-order valence-corrected chi connectivity index (χ0v) is 20.4. The highest BCUT2D eigenvalue weighted by molar-refractivity contribution is 8.00. The summed E-state index contributed by atoms with van der Waals surface area (Å²) < 4.78 is 66.0. The van der Waals surface area contributed by atoms with E-state index in [4.69, 9.17) is 15.2 Å². The Kier molecular flexibility index (Phi) is 7.99. The summed E-state index contributed by atoms with van der Waals surface area (Å²) in [6.45, 7) is 0.377. The van der Waals surface area contributed by atoms with Gasteiger partial charge < -0.3 is 25.8 Å². The minimum atomic E-state index is -4.58. The number of pyridine rings is 1. The number of ether oxygens (including phenoxy) is 2. The molecule has 3 aromatic rings. The Morgan fingerprint density at radius 2 is 2.16 bits per heavy atom. The van der Waals surface area contributed by atoms with Crippen molar-refractivity contribution in [3.63, 3.8) is 0 Å². The number of fused-ring (bicyclic) bond motifs is 1. The molecule has 13 heteroatoms. The first-order valence-electron chi connectivity index (χ1n) is 11.1. The normalized spacial score (nSPS) is 17.6. The molecule has 8 nitrogen and oxygen atoms in total. The van der Waals surface area contributed by atoms with Crippen molar-refractivity contribution in [3.05, 3.63) is 47.8 Å². The Bertz CT molecular complexity index is 1350. The second kappa shape index (κ2) is 11.2. The number of halogens is 4. The summed E-state index contributed by atoms with van der Waals surface area (Å²) in [5.74, 6) is 5.22. The zero-order chi connectivity index (χ0) is 26.6. The quantitative estimate of drug-likeness (QED) is 0.237. The number of hydrogen-bond acceptors (Lipinski definition) is 7. The number of nitrogens with two attached hydrogens (primary N) is 1. The third-order valence-electron chi connectivity index (χ3n) is 5.51. The van der Waals surface area contributed by atoms with Crippen LogP contribution in [0, 0.1) is 11.8 Å². The lowest BCUT2D eigenvalue weighted by Gasteiger charge is -2.27. The fourth-order valence-corrected chi connectivity index (χ4v) is 4.43. The SMILES string of the molecule is COc1cc(C(N)=O)ccc1NCC#Cc1nc2c(N[C@@H]3CCOC[C@@H]3F)cccn2c1SC(F)(F)F. The molecule has 1 aliphatic rings. The predicted octanol–water partition coefficient (Wildman–Crippen LogP) is 4.06. The highest BCUT2D eigenvalue weighted by atomic mass is 32.2. The average molecular weight is 538 g/mol. The van der Waals surface area contributed by atoms with Crippen LogP contribution < -0.4 is 21.1 Å². The molecule has 196 valence electrons. The summed E-state index contributed by atoms with van der Waals surface area (Å²) in [5.41, 5.74) is 2.01. The molecular formula is C24H23F4N5O3S. The van der Waals surface area contributed by atoms with Crippen LogP contribution in [-0.4, -0.2) is 59.9 Å². The van der Waals surface area contributed by atoms with Gasteiger partial charge in [0.25, 0.3) is 0 Å². The van der Waals surface area contributed by atoms with Crippen LogP contribution in [-0.2, 0) is 4.74 Å². The molecule has 0 bridgehead atoms. The van der Waals surface area contributed by atoms with Crippen molar-refractivity contribution in [2.75, 3.05) is 37.5 Å². The number of hydrogen-bond donors (Lipinski definition) is 3. The van der Waals surface area contributed by atoms with Gasteiger partial charge in [-0.25, -0.2) is 9.37 Å². The number of primary amides is 1. The fraction of sp³-hybridized carbons (Fsp3) is 0.333. The van der Waals surface area contributed by atoms with E-state index in [1.807, 2.05) is 0 Å². The van der Waals surface area contributed by atoms with Crippen LogP contribution >= 0.6 is 11.8 Å². The number of anilines is 2. The Hall–Kier alpha value is -3.63. The van der Waals surface area contributed by atoms with Crippen LogP contribution in [0.4, 0.5) is 28.9 Å². The third-order valence-corrected chi connectivity index (χ3v) is 6.32. The Labute approximate surface area is 213 Å². The van der Waals surface area contributed by atoms with Gasteiger partial charge >= 0.3 is 5.51 Å². The van der Waals surface area contributed by atoms with Crippen molar-refractivity contribution in [3.8, 4) is 17.6 Å². The fourth-order valence-electron chi connectivity index (χ4n) is 3.77. The average Bonchev–Trinajstić information content (AvgIpc) is 3.19. The molecule has 0 radical (unpaired) electrons. The third kappa shape index (κ3) is 6.39. The second-order valence-corrected chi connectivity index (χ2v) is 9.05. The second-order valence-electron chi connectivity index (χ2n) is 7.99. The molecule has 0 aliphatic carbocycles. The van der Waals surface area contributed by atoms with Gasteiger partial charge in [-0.1, -0.05) is 5.92 Å². The molecule has 1 aliphatic heterocycles. The van der Waals surface area contributed by atoms with Crippen LogP contribution in [0.15, 0.2) is 41.6 Å². The first-order chi connectivity index (χ1) is 17.7. The first-order valence-corrected chi connectivity index (χ1v) is 11.9. The molecule has 2 aromatic heterocycles. The van der Waals surface area contributed by atoms with Gasteiger partial charge in [-0.15, -0.1) is 0 Å². The number of rotatable bonds is 7. The molecule has 1 fully saturated rings. The minimum absolute atomic E-state index is 0.0486. The molecule has 0 saturated carbocycles. The predicted molar refractivity (Wildman–Crippen MR) is 132 cm³/mol. The molecule has 2 atom stereocenters. The topological polar surface area (TPSA) is 103 Å². The molecule has 1 aromatic carbocycles. The van der Waals surface area contributed by atoms with E-state index in [1.54, 1.807) is 18.2 Å². The Morgan fingerprint density at radius 3 is 2.86 bits per heavy atom. The number of alkyl halides is 4. The maximum atomic E-state index is 14.3. The maximum Gasteiger partial charge on any atom is 0.447 e. The van der Waals surface area contributed by atoms with Crippen molar-refractivity contribution >= 4 is 34.7 Å². The van der Waals surface area contributed by atoms with Gasteiger partial charge in [0.15, 0.2) is 5.65 Å². The molecule has 0 spiro atoms. The smallest absolute Gasteiger partial charge is 0.447 e. The van der Waals surface area contributed by atoms with E-state index >= 15 is 0 Å². The number of carbonyl (C=O) groups excluding carboxylic acids is 1. The van der Waals surface area contributed by atoms with Crippen LogP contribution in [0.2, 0.25) is 0 Å². The number of aromatic nitrogens is 2. The number of benzene rings is 1. The van der Waals surface area contributed by atoms with E-state index < -0.39 is 23.6 Å². The number of carbonyl (C=O) groups is 1. The van der Waals surface area contributed by atoms with Crippen LogP contribution in [0.25, 0.3) is 5.65 Å². The zero-order valence-electron chi connectivity index (χ0n) is 19.6. The highest BCUT2D eigenvalue weighted by Crippen LogP contribution is 2.39. The first kappa shape index (κ1) is 26.4. The molecule has 1 amide bonds. The minimum Gasteiger partial charge on any atom is -0.495 e.